The molecule has 4 aromatic carbocycles. The lowest BCUT2D eigenvalue weighted by atomic mass is 10.0. The third-order valence-electron chi connectivity index (χ3n) is 10.6. The number of nitrogens with two attached hydrogens (primary N) is 2. The van der Waals surface area contributed by atoms with Crippen LogP contribution in [0.2, 0.25) is 0 Å². The average molecular weight is 857 g/mol. The molecule has 0 aromatic heterocycles. The van der Waals surface area contributed by atoms with Crippen molar-refractivity contribution in [1.82, 2.24) is 42.5 Å². The summed E-state index contributed by atoms with van der Waals surface area (Å²) in [5.41, 5.74) is 15.6. The van der Waals surface area contributed by atoms with Crippen molar-refractivity contribution in [2.75, 3.05) is 85.1 Å². The van der Waals surface area contributed by atoms with Gasteiger partial charge in [-0.15, -0.1) is 0 Å². The Morgan fingerprint density at radius 3 is 0.919 bits per heavy atom. The minimum absolute atomic E-state index is 0.119. The second-order valence-corrected chi connectivity index (χ2v) is 15.9. The Bertz CT molecular complexity index is 1770. The highest BCUT2D eigenvalue weighted by atomic mass is 16.3. The third kappa shape index (κ3) is 21.8. The van der Waals surface area contributed by atoms with Crippen LogP contribution in [0.3, 0.4) is 0 Å². The van der Waals surface area contributed by atoms with Crippen LogP contribution in [0.1, 0.15) is 28.7 Å². The smallest absolute Gasteiger partial charge is 0.218 e. The topological polar surface area (TPSA) is 246 Å². The molecule has 340 valence electrons. The Morgan fingerprint density at radius 1 is 0.403 bits per heavy atom. The summed E-state index contributed by atoms with van der Waals surface area (Å²) in [5.74, 6) is 0.674. The van der Waals surface area contributed by atoms with Crippen molar-refractivity contribution in [2.24, 2.45) is 11.5 Å². The van der Waals surface area contributed by atoms with Crippen molar-refractivity contribution >= 4 is 5.91 Å². The molecule has 0 aliphatic rings. The van der Waals surface area contributed by atoms with Crippen LogP contribution in [0.4, 0.5) is 0 Å². The predicted octanol–water partition coefficient (Wildman–Crippen LogP) is 0.805. The molecule has 0 saturated heterocycles. The van der Waals surface area contributed by atoms with Crippen molar-refractivity contribution in [2.45, 2.75) is 56.3 Å². The summed E-state index contributed by atoms with van der Waals surface area (Å²) in [4.78, 5) is 11.2. The molecule has 62 heavy (non-hydrogen) atoms. The van der Waals surface area contributed by atoms with Gasteiger partial charge < -0.3 is 74.4 Å². The van der Waals surface area contributed by atoms with Gasteiger partial charge in [0.1, 0.15) is 23.0 Å². The number of hydrogen-bond donors (Lipinski definition) is 14. The first-order chi connectivity index (χ1) is 30.1. The first-order valence-corrected chi connectivity index (χ1v) is 22.0. The van der Waals surface area contributed by atoms with Crippen LogP contribution in [-0.4, -0.2) is 136 Å². The fourth-order valence-corrected chi connectivity index (χ4v) is 7.23. The fourth-order valence-electron chi connectivity index (χ4n) is 7.23. The Balaban J connectivity index is 1.23. The number of nitrogens with one attached hydrogen (secondary N) is 8. The van der Waals surface area contributed by atoms with Crippen LogP contribution in [0.25, 0.3) is 0 Å². The molecule has 4 rings (SSSR count). The average Bonchev–Trinajstić information content (AvgIpc) is 3.26. The number of carbonyl (C=O) groups excluding carboxylic acids is 1. The number of rotatable bonds is 34. The van der Waals surface area contributed by atoms with Crippen LogP contribution < -0.4 is 54.0 Å². The molecule has 0 aliphatic heterocycles. The quantitative estimate of drug-likeness (QED) is 0.0291. The Kier molecular flexibility index (Phi) is 23.7. The molecule has 0 saturated carbocycles. The van der Waals surface area contributed by atoms with Gasteiger partial charge in [-0.1, -0.05) is 48.5 Å². The van der Waals surface area contributed by atoms with Crippen LogP contribution in [-0.2, 0) is 30.5 Å². The minimum Gasteiger partial charge on any atom is -0.508 e. The first-order valence-electron chi connectivity index (χ1n) is 22.0. The zero-order valence-electron chi connectivity index (χ0n) is 36.1. The van der Waals surface area contributed by atoms with Crippen LogP contribution in [0.5, 0.6) is 23.0 Å². The number of phenolic OH excluding ortho intramolecular Hbond substituents is 4. The van der Waals surface area contributed by atoms with E-state index in [1.165, 1.54) is 0 Å². The molecule has 15 heteroatoms. The SMILES string of the molecule is NCCN[C@H](CNCCN[C@H](CNCCN[C@H](CNCCN[C@H](CNCCC(N)=O)Cc1ccc(O)cc1)Cc1ccc(O)cc1)Cc1ccc(O)cc1)Cc1ccc(O)cc1. The van der Waals surface area contributed by atoms with Crippen LogP contribution in [0, 0.1) is 0 Å². The van der Waals surface area contributed by atoms with E-state index in [9.17, 15) is 25.2 Å². The summed E-state index contributed by atoms with van der Waals surface area (Å²) in [7, 11) is 0. The van der Waals surface area contributed by atoms with Gasteiger partial charge in [0.2, 0.25) is 5.91 Å². The van der Waals surface area contributed by atoms with Crippen molar-refractivity contribution in [1.29, 1.82) is 0 Å². The van der Waals surface area contributed by atoms with E-state index in [-0.39, 0.29) is 59.5 Å². The van der Waals surface area contributed by atoms with Crippen molar-refractivity contribution < 1.29 is 25.2 Å². The zero-order valence-corrected chi connectivity index (χ0v) is 36.1. The van der Waals surface area contributed by atoms with Crippen molar-refractivity contribution in [3.63, 3.8) is 0 Å². The molecule has 0 bridgehead atoms. The maximum atomic E-state index is 11.2. The molecule has 0 aliphatic carbocycles. The van der Waals surface area contributed by atoms with E-state index in [1.807, 2.05) is 48.5 Å². The highest BCUT2D eigenvalue weighted by molar-refractivity contribution is 5.73. The minimum atomic E-state index is -0.330. The zero-order chi connectivity index (χ0) is 44.2. The highest BCUT2D eigenvalue weighted by Gasteiger charge is 2.14. The summed E-state index contributed by atoms with van der Waals surface area (Å²) in [6, 6.07) is 30.0. The second kappa shape index (κ2) is 29.5. The van der Waals surface area contributed by atoms with Crippen LogP contribution in [0.15, 0.2) is 97.1 Å². The molecule has 0 radical (unpaired) electrons. The van der Waals surface area contributed by atoms with Gasteiger partial charge in [-0.05, 0) is 96.5 Å². The number of carbonyl (C=O) groups is 1. The van der Waals surface area contributed by atoms with Crippen molar-refractivity contribution in [3.8, 4) is 23.0 Å². The van der Waals surface area contributed by atoms with E-state index in [0.29, 0.717) is 19.6 Å². The van der Waals surface area contributed by atoms with Gasteiger partial charge in [0.15, 0.2) is 0 Å². The lowest BCUT2D eigenvalue weighted by molar-refractivity contribution is -0.117. The Morgan fingerprint density at radius 2 is 0.661 bits per heavy atom. The number of primary amides is 1. The molecule has 0 heterocycles. The highest BCUT2D eigenvalue weighted by Crippen LogP contribution is 2.14. The van der Waals surface area contributed by atoms with Gasteiger partial charge in [-0.3, -0.25) is 4.79 Å². The number of amides is 1. The first kappa shape index (κ1) is 49.8. The third-order valence-corrected chi connectivity index (χ3v) is 10.6. The van der Waals surface area contributed by atoms with Gasteiger partial charge >= 0.3 is 0 Å². The summed E-state index contributed by atoms with van der Waals surface area (Å²) in [6.07, 6.45) is 3.48. The maximum absolute atomic E-state index is 11.2. The largest absolute Gasteiger partial charge is 0.508 e. The summed E-state index contributed by atoms with van der Waals surface area (Å²) in [6.45, 7) is 9.38. The standard InChI is InChI=1S/C47H72N10O5/c48-18-20-54-39(27-35-1-9-43(58)10-2-35)32-51-21-25-56-41(29-37-5-13-45(60)14-6-37)34-53-23-26-57-42(30-38-7-15-46(61)16-8-38)33-52-22-24-55-40(31-50-19-17-47(49)62)28-36-3-11-44(59)12-4-36/h1-16,39-42,50-61H,17-34,48H2,(H2,49,62)/t39-,40-,41-,42-/m0/s1. The Labute approximate surface area is 367 Å². The van der Waals surface area contributed by atoms with E-state index in [4.69, 9.17) is 11.5 Å². The molecule has 16 N–H and O–H groups in total. The van der Waals surface area contributed by atoms with Gasteiger partial charge in [0.05, 0.1) is 0 Å². The molecular weight excluding hydrogens is 785 g/mol. The number of phenols is 4. The van der Waals surface area contributed by atoms with E-state index in [2.05, 4.69) is 42.5 Å². The molecule has 0 fully saturated rings. The molecule has 15 nitrogen and oxygen atoms in total. The summed E-state index contributed by atoms with van der Waals surface area (Å²) in [5, 5.41) is 67.9. The van der Waals surface area contributed by atoms with Gasteiger partial charge in [-0.25, -0.2) is 0 Å². The molecule has 1 amide bonds. The van der Waals surface area contributed by atoms with E-state index < -0.39 is 0 Å². The molecule has 4 atom stereocenters. The molecule has 0 spiro atoms. The molecular formula is C47H72N10O5. The Hall–Kier alpha value is -4.81. The lowest BCUT2D eigenvalue weighted by Gasteiger charge is -2.23. The molecule has 4 aromatic rings. The number of aromatic hydroxyl groups is 4. The van der Waals surface area contributed by atoms with Gasteiger partial charge in [-0.2, -0.15) is 0 Å². The summed E-state index contributed by atoms with van der Waals surface area (Å²) >= 11 is 0. The normalized spacial score (nSPS) is 13.4. The van der Waals surface area contributed by atoms with Gasteiger partial charge in [0, 0.05) is 116 Å². The number of hydrogen-bond acceptors (Lipinski definition) is 14. The second-order valence-electron chi connectivity index (χ2n) is 15.9. The molecule has 0 unspecified atom stereocenters. The van der Waals surface area contributed by atoms with E-state index >= 15 is 0 Å². The lowest BCUT2D eigenvalue weighted by Crippen LogP contribution is -2.48. The predicted molar refractivity (Wildman–Crippen MR) is 249 cm³/mol. The number of benzene rings is 4. The van der Waals surface area contributed by atoms with E-state index in [0.717, 1.165) is 113 Å². The maximum Gasteiger partial charge on any atom is 0.218 e. The summed E-state index contributed by atoms with van der Waals surface area (Å²) < 4.78 is 0. The van der Waals surface area contributed by atoms with Crippen LogP contribution >= 0.6 is 0 Å². The van der Waals surface area contributed by atoms with Crippen molar-refractivity contribution in [3.05, 3.63) is 119 Å². The van der Waals surface area contributed by atoms with Gasteiger partial charge in [0.25, 0.3) is 0 Å². The van der Waals surface area contributed by atoms with E-state index in [1.54, 1.807) is 48.5 Å². The monoisotopic (exact) mass is 857 g/mol. The fraction of sp³-hybridized carbons (Fsp3) is 0.468.